The third kappa shape index (κ3) is 3.63. The van der Waals surface area contributed by atoms with Gasteiger partial charge in [-0.2, -0.15) is 0 Å². The molecule has 146 valence electrons. The van der Waals surface area contributed by atoms with Crippen molar-refractivity contribution < 1.29 is 14.9 Å². The van der Waals surface area contributed by atoms with Crippen molar-refractivity contribution in [3.05, 3.63) is 64.1 Å². The summed E-state index contributed by atoms with van der Waals surface area (Å²) in [7, 11) is 0. The number of hydrogen-bond donors (Lipinski definition) is 3. The smallest absolute Gasteiger partial charge is 0.254 e. The minimum Gasteiger partial charge on any atom is -0.394 e. The van der Waals surface area contributed by atoms with E-state index in [2.05, 4.69) is 0 Å². The quantitative estimate of drug-likeness (QED) is 0.728. The van der Waals surface area contributed by atoms with Crippen LogP contribution in [-0.4, -0.2) is 38.2 Å². The Morgan fingerprint density at radius 1 is 1.22 bits per heavy atom. The van der Waals surface area contributed by atoms with E-state index in [1.165, 1.54) is 16.8 Å². The number of nitrogens with zero attached hydrogens (tertiary/aromatic N) is 2. The van der Waals surface area contributed by atoms with Crippen molar-refractivity contribution in [1.82, 2.24) is 9.13 Å². The van der Waals surface area contributed by atoms with Gasteiger partial charge in [-0.3, -0.25) is 19.3 Å². The zero-order chi connectivity index (χ0) is 19.8. The normalized spacial score (nSPS) is 25.7. The molecule has 0 radical (unpaired) electrons. The summed E-state index contributed by atoms with van der Waals surface area (Å²) in [5.74, 6) is -0.315. The zero-order valence-corrected chi connectivity index (χ0v) is 15.9. The van der Waals surface area contributed by atoms with E-state index in [9.17, 15) is 15.0 Å². The Kier molecular flexibility index (Phi) is 5.37. The first-order valence-corrected chi connectivity index (χ1v) is 9.13. The summed E-state index contributed by atoms with van der Waals surface area (Å²) in [5.41, 5.74) is 0.474. The lowest BCUT2D eigenvalue weighted by molar-refractivity contribution is -0.0487. The number of rotatable bonds is 5. The van der Waals surface area contributed by atoms with Crippen LogP contribution in [0.15, 0.2) is 47.4 Å². The molecule has 1 saturated heterocycles. The number of nitrogens with one attached hydrogen (secondary N) is 1. The second-order valence-electron chi connectivity index (χ2n) is 7.82. The largest absolute Gasteiger partial charge is 0.394 e. The Morgan fingerprint density at radius 3 is 2.48 bits per heavy atom. The molecule has 2 heterocycles. The van der Waals surface area contributed by atoms with E-state index in [1.807, 2.05) is 44.2 Å². The highest BCUT2D eigenvalue weighted by Gasteiger charge is 2.41. The topological polar surface area (TPSA) is 100 Å². The first kappa shape index (κ1) is 19.5. The van der Waals surface area contributed by atoms with Crippen LogP contribution in [0.5, 0.6) is 0 Å². The summed E-state index contributed by atoms with van der Waals surface area (Å²) in [6, 6.07) is 11.3. The van der Waals surface area contributed by atoms with Gasteiger partial charge in [0, 0.05) is 30.1 Å². The van der Waals surface area contributed by atoms with Crippen molar-refractivity contribution >= 4 is 0 Å². The molecular formula is C20H27N3O4. The van der Waals surface area contributed by atoms with E-state index >= 15 is 0 Å². The van der Waals surface area contributed by atoms with E-state index in [4.69, 9.17) is 10.1 Å². The van der Waals surface area contributed by atoms with E-state index in [0.29, 0.717) is 6.54 Å². The van der Waals surface area contributed by atoms with Crippen LogP contribution in [0.25, 0.3) is 0 Å². The van der Waals surface area contributed by atoms with Gasteiger partial charge in [0.05, 0.1) is 12.7 Å². The molecule has 1 aromatic heterocycles. The van der Waals surface area contributed by atoms with Gasteiger partial charge in [-0.25, -0.2) is 0 Å². The SMILES string of the molecule is CC1C(O)C(CO)OC1n1ccc(=O)n(CC(C)(C)c2ccccc2)c1=N. The monoisotopic (exact) mass is 373 g/mol. The van der Waals surface area contributed by atoms with Crippen LogP contribution in [0, 0.1) is 11.3 Å². The minimum atomic E-state index is -0.826. The molecule has 0 aliphatic carbocycles. The fourth-order valence-electron chi connectivity index (χ4n) is 3.64. The van der Waals surface area contributed by atoms with Gasteiger partial charge in [0.2, 0.25) is 5.62 Å². The van der Waals surface area contributed by atoms with Crippen molar-refractivity contribution in [3.63, 3.8) is 0 Å². The highest BCUT2D eigenvalue weighted by molar-refractivity contribution is 5.23. The molecule has 0 spiro atoms. The van der Waals surface area contributed by atoms with Gasteiger partial charge in [-0.1, -0.05) is 51.1 Å². The fraction of sp³-hybridized carbons (Fsp3) is 0.500. The lowest BCUT2D eigenvalue weighted by Gasteiger charge is -2.27. The average Bonchev–Trinajstić information content (AvgIpc) is 2.94. The third-order valence-corrected chi connectivity index (χ3v) is 5.39. The molecule has 0 bridgehead atoms. The van der Waals surface area contributed by atoms with E-state index in [0.717, 1.165) is 5.56 Å². The fourth-order valence-corrected chi connectivity index (χ4v) is 3.64. The molecule has 1 fully saturated rings. The Labute approximate surface area is 158 Å². The minimum absolute atomic E-state index is 0.00847. The maximum atomic E-state index is 12.5. The van der Waals surface area contributed by atoms with Crippen LogP contribution >= 0.6 is 0 Å². The predicted octanol–water partition coefficient (Wildman–Crippen LogP) is 0.994. The molecule has 1 aromatic carbocycles. The van der Waals surface area contributed by atoms with Crippen LogP contribution in [0.2, 0.25) is 0 Å². The average molecular weight is 373 g/mol. The van der Waals surface area contributed by atoms with Gasteiger partial charge in [0.15, 0.2) is 0 Å². The van der Waals surface area contributed by atoms with Crippen LogP contribution in [0.1, 0.15) is 32.6 Å². The molecule has 4 atom stereocenters. The molecule has 3 N–H and O–H groups in total. The summed E-state index contributed by atoms with van der Waals surface area (Å²) >= 11 is 0. The molecule has 2 aromatic rings. The van der Waals surface area contributed by atoms with Crippen LogP contribution < -0.4 is 11.2 Å². The number of ether oxygens (including phenoxy) is 1. The lowest BCUT2D eigenvalue weighted by atomic mass is 9.84. The Bertz CT molecular complexity index is 903. The van der Waals surface area contributed by atoms with Crippen molar-refractivity contribution in [3.8, 4) is 0 Å². The first-order chi connectivity index (χ1) is 12.8. The second-order valence-corrected chi connectivity index (χ2v) is 7.82. The van der Waals surface area contributed by atoms with E-state index in [1.54, 1.807) is 11.5 Å². The van der Waals surface area contributed by atoms with Crippen LogP contribution in [-0.2, 0) is 16.7 Å². The standard InChI is InChI=1S/C20H27N3O4/c1-13-17(26)15(11-24)27-18(13)22-10-9-16(25)23(19(22)21)12-20(2,3)14-7-5-4-6-8-14/h4-10,13,15,17-18,21,24,26H,11-12H2,1-3H3. The molecule has 0 amide bonds. The zero-order valence-electron chi connectivity index (χ0n) is 15.9. The van der Waals surface area contributed by atoms with Crippen molar-refractivity contribution in [1.29, 1.82) is 5.41 Å². The molecule has 4 unspecified atom stereocenters. The van der Waals surface area contributed by atoms with Crippen LogP contribution in [0.3, 0.4) is 0 Å². The molecular weight excluding hydrogens is 346 g/mol. The van der Waals surface area contributed by atoms with Gasteiger partial charge in [0.25, 0.3) is 5.56 Å². The highest BCUT2D eigenvalue weighted by atomic mass is 16.5. The molecule has 7 nitrogen and oxygen atoms in total. The summed E-state index contributed by atoms with van der Waals surface area (Å²) < 4.78 is 8.71. The number of aliphatic hydroxyl groups is 2. The lowest BCUT2D eigenvalue weighted by Crippen LogP contribution is -2.45. The van der Waals surface area contributed by atoms with Crippen molar-refractivity contribution in [2.75, 3.05) is 6.61 Å². The Morgan fingerprint density at radius 2 is 1.89 bits per heavy atom. The molecule has 1 aliphatic rings. The molecule has 0 saturated carbocycles. The van der Waals surface area contributed by atoms with E-state index < -0.39 is 18.4 Å². The molecule has 7 heteroatoms. The number of hydrogen-bond acceptors (Lipinski definition) is 5. The number of benzene rings is 1. The summed E-state index contributed by atoms with van der Waals surface area (Å²) in [4.78, 5) is 12.5. The van der Waals surface area contributed by atoms with Gasteiger partial charge in [0.1, 0.15) is 12.3 Å². The number of aliphatic hydroxyl groups excluding tert-OH is 2. The number of aromatic nitrogens is 2. The highest BCUT2D eigenvalue weighted by Crippen LogP contribution is 2.33. The third-order valence-electron chi connectivity index (χ3n) is 5.39. The molecule has 3 rings (SSSR count). The predicted molar refractivity (Wildman–Crippen MR) is 100 cm³/mol. The molecule has 1 aliphatic heterocycles. The van der Waals surface area contributed by atoms with Gasteiger partial charge >= 0.3 is 0 Å². The second kappa shape index (κ2) is 7.42. The van der Waals surface area contributed by atoms with Gasteiger partial charge < -0.3 is 14.9 Å². The Balaban J connectivity index is 1.98. The van der Waals surface area contributed by atoms with Gasteiger partial charge in [-0.15, -0.1) is 0 Å². The van der Waals surface area contributed by atoms with Crippen molar-refractivity contribution in [2.45, 2.75) is 51.2 Å². The van der Waals surface area contributed by atoms with Gasteiger partial charge in [-0.05, 0) is 5.56 Å². The maximum absolute atomic E-state index is 12.5. The summed E-state index contributed by atoms with van der Waals surface area (Å²) in [6.07, 6.45) is -0.618. The van der Waals surface area contributed by atoms with Crippen LogP contribution in [0.4, 0.5) is 0 Å². The summed E-state index contributed by atoms with van der Waals surface area (Å²) in [6.45, 7) is 5.91. The molecule has 27 heavy (non-hydrogen) atoms. The first-order valence-electron chi connectivity index (χ1n) is 9.13. The summed E-state index contributed by atoms with van der Waals surface area (Å²) in [5, 5.41) is 28.2. The maximum Gasteiger partial charge on any atom is 0.254 e. The van der Waals surface area contributed by atoms with E-state index in [-0.39, 0.29) is 29.1 Å². The van der Waals surface area contributed by atoms with Crippen molar-refractivity contribution in [2.24, 2.45) is 5.92 Å². The Hall–Kier alpha value is -2.22.